The first kappa shape index (κ1) is 13.2. The van der Waals surface area contributed by atoms with Crippen LogP contribution in [0.15, 0.2) is 24.3 Å². The van der Waals surface area contributed by atoms with E-state index in [-0.39, 0.29) is 6.61 Å². The van der Waals surface area contributed by atoms with Crippen LogP contribution in [0.3, 0.4) is 0 Å². The molecule has 0 atom stereocenters. The smallest absolute Gasteiger partial charge is 0.408 e. The van der Waals surface area contributed by atoms with Crippen LogP contribution in [0.5, 0.6) is 5.75 Å². The molecule has 0 radical (unpaired) electrons. The topological polar surface area (TPSA) is 84.9 Å². The number of carbonyl (C=O) groups is 2. The maximum absolute atomic E-state index is 11.5. The summed E-state index contributed by atoms with van der Waals surface area (Å²) >= 11 is 0. The molecule has 0 bridgehead atoms. The molecule has 102 valence electrons. The van der Waals surface area contributed by atoms with Gasteiger partial charge in [-0.2, -0.15) is 0 Å². The molecule has 0 heterocycles. The predicted octanol–water partition coefficient (Wildman–Crippen LogP) is 1.54. The molecule has 0 aliphatic heterocycles. The minimum Gasteiger partial charge on any atom is -0.497 e. The van der Waals surface area contributed by atoms with Crippen molar-refractivity contribution in [3.63, 3.8) is 0 Å². The van der Waals surface area contributed by atoms with Crippen molar-refractivity contribution >= 4 is 12.1 Å². The van der Waals surface area contributed by atoms with E-state index in [1.807, 2.05) is 0 Å². The van der Waals surface area contributed by atoms with Crippen LogP contribution in [0, 0.1) is 0 Å². The first-order valence-corrected chi connectivity index (χ1v) is 5.87. The number of rotatable bonds is 5. The van der Waals surface area contributed by atoms with Gasteiger partial charge in [0.15, 0.2) is 0 Å². The summed E-state index contributed by atoms with van der Waals surface area (Å²) in [6.07, 6.45) is 0.177. The number of carboxylic acids is 1. The average molecular weight is 265 g/mol. The van der Waals surface area contributed by atoms with Crippen LogP contribution in [0.4, 0.5) is 4.79 Å². The SMILES string of the molecule is COc1ccc(COC(=O)NC2(C(=O)O)CC2)cc1. The number of nitrogens with one attached hydrogen (secondary N) is 1. The molecule has 2 rings (SSSR count). The van der Waals surface area contributed by atoms with Gasteiger partial charge in [0, 0.05) is 0 Å². The van der Waals surface area contributed by atoms with E-state index >= 15 is 0 Å². The van der Waals surface area contributed by atoms with Gasteiger partial charge in [0.1, 0.15) is 17.9 Å². The lowest BCUT2D eigenvalue weighted by molar-refractivity contribution is -0.140. The Kier molecular flexibility index (Phi) is 3.59. The van der Waals surface area contributed by atoms with Crippen LogP contribution < -0.4 is 10.1 Å². The largest absolute Gasteiger partial charge is 0.497 e. The number of amides is 1. The molecule has 0 spiro atoms. The number of carboxylic acid groups (broad SMARTS) is 1. The Balaban J connectivity index is 1.81. The molecule has 1 aromatic carbocycles. The summed E-state index contributed by atoms with van der Waals surface area (Å²) in [5.41, 5.74) is -0.312. The fraction of sp³-hybridized carbons (Fsp3) is 0.385. The molecule has 1 saturated carbocycles. The molecule has 0 aromatic heterocycles. The van der Waals surface area contributed by atoms with Crippen LogP contribution in [-0.2, 0) is 16.1 Å². The Bertz CT molecular complexity index is 478. The van der Waals surface area contributed by atoms with Gasteiger partial charge in [-0.15, -0.1) is 0 Å². The zero-order valence-corrected chi connectivity index (χ0v) is 10.5. The number of aliphatic carboxylic acids is 1. The van der Waals surface area contributed by atoms with Crippen molar-refractivity contribution in [2.45, 2.75) is 25.0 Å². The van der Waals surface area contributed by atoms with Gasteiger partial charge in [-0.05, 0) is 30.5 Å². The van der Waals surface area contributed by atoms with Crippen molar-refractivity contribution in [3.8, 4) is 5.75 Å². The Morgan fingerprint density at radius 3 is 2.42 bits per heavy atom. The van der Waals surface area contributed by atoms with Crippen molar-refractivity contribution in [2.24, 2.45) is 0 Å². The standard InChI is InChI=1S/C13H15NO5/c1-18-10-4-2-9(3-5-10)8-19-12(17)14-13(6-7-13)11(15)16/h2-5H,6-8H2,1H3,(H,14,17)(H,15,16). The summed E-state index contributed by atoms with van der Waals surface area (Å²) in [4.78, 5) is 22.4. The molecule has 6 heteroatoms. The Morgan fingerprint density at radius 2 is 1.95 bits per heavy atom. The summed E-state index contributed by atoms with van der Waals surface area (Å²) in [7, 11) is 1.57. The highest BCUT2D eigenvalue weighted by Gasteiger charge is 2.52. The number of benzene rings is 1. The first-order chi connectivity index (χ1) is 9.05. The van der Waals surface area contributed by atoms with Crippen molar-refractivity contribution in [3.05, 3.63) is 29.8 Å². The van der Waals surface area contributed by atoms with E-state index in [0.29, 0.717) is 12.8 Å². The van der Waals surface area contributed by atoms with Crippen molar-refractivity contribution < 1.29 is 24.2 Å². The normalized spacial score (nSPS) is 15.4. The maximum Gasteiger partial charge on any atom is 0.408 e. The minimum atomic E-state index is -1.11. The summed E-state index contributed by atoms with van der Waals surface area (Å²) in [6.45, 7) is 0.0888. The van der Waals surface area contributed by atoms with E-state index < -0.39 is 17.6 Å². The number of methoxy groups -OCH3 is 1. The number of hydrogen-bond acceptors (Lipinski definition) is 4. The van der Waals surface area contributed by atoms with Crippen molar-refractivity contribution in [2.75, 3.05) is 7.11 Å². The van der Waals surface area contributed by atoms with E-state index in [2.05, 4.69) is 5.32 Å². The molecule has 0 saturated heterocycles. The fourth-order valence-electron chi connectivity index (χ4n) is 1.62. The second-order valence-electron chi connectivity index (χ2n) is 4.44. The quantitative estimate of drug-likeness (QED) is 0.843. The van der Waals surface area contributed by atoms with Gasteiger partial charge in [-0.3, -0.25) is 0 Å². The lowest BCUT2D eigenvalue weighted by atomic mass is 10.2. The van der Waals surface area contributed by atoms with Gasteiger partial charge in [-0.1, -0.05) is 12.1 Å². The van der Waals surface area contributed by atoms with Gasteiger partial charge < -0.3 is 19.9 Å². The lowest BCUT2D eigenvalue weighted by Crippen LogP contribution is -2.43. The maximum atomic E-state index is 11.5. The highest BCUT2D eigenvalue weighted by atomic mass is 16.5. The summed E-state index contributed by atoms with van der Waals surface area (Å²) < 4.78 is 9.98. The zero-order valence-electron chi connectivity index (χ0n) is 10.5. The molecule has 1 fully saturated rings. The van der Waals surface area contributed by atoms with Crippen LogP contribution in [0.1, 0.15) is 18.4 Å². The molecule has 1 aliphatic rings. The fourth-order valence-corrected chi connectivity index (χ4v) is 1.62. The number of ether oxygens (including phenoxy) is 2. The van der Waals surface area contributed by atoms with Crippen molar-refractivity contribution in [1.82, 2.24) is 5.32 Å². The summed E-state index contributed by atoms with van der Waals surface area (Å²) in [6, 6.07) is 7.07. The second-order valence-corrected chi connectivity index (χ2v) is 4.44. The third kappa shape index (κ3) is 3.15. The third-order valence-corrected chi connectivity index (χ3v) is 3.03. The third-order valence-electron chi connectivity index (χ3n) is 3.03. The van der Waals surface area contributed by atoms with Gasteiger partial charge in [0.25, 0.3) is 0 Å². The van der Waals surface area contributed by atoms with Crippen LogP contribution in [0.2, 0.25) is 0 Å². The summed E-state index contributed by atoms with van der Waals surface area (Å²) in [5.74, 6) is -0.301. The Hall–Kier alpha value is -2.24. The van der Waals surface area contributed by atoms with Gasteiger partial charge in [-0.25, -0.2) is 9.59 Å². The lowest BCUT2D eigenvalue weighted by Gasteiger charge is -2.12. The average Bonchev–Trinajstić information content (AvgIpc) is 3.18. The number of alkyl carbamates (subject to hydrolysis) is 1. The predicted molar refractivity (Wildman–Crippen MR) is 65.9 cm³/mol. The van der Waals surface area contributed by atoms with E-state index in [9.17, 15) is 9.59 Å². The molecule has 1 aromatic rings. The van der Waals surface area contributed by atoms with Gasteiger partial charge in [0.05, 0.1) is 7.11 Å². The monoisotopic (exact) mass is 265 g/mol. The molecule has 19 heavy (non-hydrogen) atoms. The summed E-state index contributed by atoms with van der Waals surface area (Å²) in [5, 5.41) is 11.3. The zero-order chi connectivity index (χ0) is 13.9. The minimum absolute atomic E-state index is 0.0888. The van der Waals surface area contributed by atoms with Crippen LogP contribution in [-0.4, -0.2) is 29.8 Å². The number of carbonyl (C=O) groups excluding carboxylic acids is 1. The van der Waals surface area contributed by atoms with Crippen molar-refractivity contribution in [1.29, 1.82) is 0 Å². The van der Waals surface area contributed by atoms with Crippen LogP contribution >= 0.6 is 0 Å². The molecule has 1 aliphatic carbocycles. The van der Waals surface area contributed by atoms with E-state index in [0.717, 1.165) is 11.3 Å². The van der Waals surface area contributed by atoms with E-state index in [4.69, 9.17) is 14.6 Å². The molecular weight excluding hydrogens is 250 g/mol. The number of hydrogen-bond donors (Lipinski definition) is 2. The highest BCUT2D eigenvalue weighted by molar-refractivity contribution is 5.87. The Labute approximate surface area is 110 Å². The molecule has 2 N–H and O–H groups in total. The molecular formula is C13H15NO5. The second kappa shape index (κ2) is 5.17. The molecule has 6 nitrogen and oxygen atoms in total. The van der Waals surface area contributed by atoms with E-state index in [1.165, 1.54) is 0 Å². The first-order valence-electron chi connectivity index (χ1n) is 5.87. The molecule has 0 unspecified atom stereocenters. The Morgan fingerprint density at radius 1 is 1.32 bits per heavy atom. The van der Waals surface area contributed by atoms with Crippen LogP contribution in [0.25, 0.3) is 0 Å². The molecule has 1 amide bonds. The van der Waals surface area contributed by atoms with E-state index in [1.54, 1.807) is 31.4 Å². The highest BCUT2D eigenvalue weighted by Crippen LogP contribution is 2.35. The van der Waals surface area contributed by atoms with Gasteiger partial charge in [0.2, 0.25) is 0 Å². The van der Waals surface area contributed by atoms with Gasteiger partial charge >= 0.3 is 12.1 Å².